The Bertz CT molecular complexity index is 929. The predicted octanol–water partition coefficient (Wildman–Crippen LogP) is 2.33. The minimum atomic E-state index is -0.133. The fourth-order valence-electron chi connectivity index (χ4n) is 3.39. The van der Waals surface area contributed by atoms with E-state index in [1.807, 2.05) is 50.6 Å². The van der Waals surface area contributed by atoms with E-state index >= 15 is 0 Å². The van der Waals surface area contributed by atoms with E-state index in [4.69, 9.17) is 4.42 Å². The molecule has 26 heavy (non-hydrogen) atoms. The first kappa shape index (κ1) is 16.5. The lowest BCUT2D eigenvalue weighted by molar-refractivity contribution is -0.119. The van der Waals surface area contributed by atoms with Crippen LogP contribution >= 0.6 is 0 Å². The predicted molar refractivity (Wildman–Crippen MR) is 97.6 cm³/mol. The first-order valence-electron chi connectivity index (χ1n) is 8.63. The highest BCUT2D eigenvalue weighted by Gasteiger charge is 2.34. The Balaban J connectivity index is 1.51. The highest BCUT2D eigenvalue weighted by Crippen LogP contribution is 2.29. The minimum absolute atomic E-state index is 0.00425. The number of hydrogen-bond acceptors (Lipinski definition) is 5. The zero-order valence-electron chi connectivity index (χ0n) is 14.8. The molecule has 2 aromatic heterocycles. The molecule has 0 unspecified atom stereocenters. The van der Waals surface area contributed by atoms with Gasteiger partial charge in [-0.25, -0.2) is 4.98 Å². The van der Waals surface area contributed by atoms with E-state index in [0.29, 0.717) is 12.4 Å². The SMILES string of the molecule is Cc1cnc(-c2cccc(NC(=O)[C@H]3CNC[C@@H]3c3cnn(C)c3)c2)o1. The van der Waals surface area contributed by atoms with E-state index in [1.54, 1.807) is 10.9 Å². The van der Waals surface area contributed by atoms with Gasteiger partial charge in [0.1, 0.15) is 5.76 Å². The first-order valence-corrected chi connectivity index (χ1v) is 8.63. The van der Waals surface area contributed by atoms with Crippen LogP contribution in [0.3, 0.4) is 0 Å². The second-order valence-electron chi connectivity index (χ2n) is 6.66. The Morgan fingerprint density at radius 1 is 1.35 bits per heavy atom. The third-order valence-electron chi connectivity index (χ3n) is 4.70. The van der Waals surface area contributed by atoms with Crippen molar-refractivity contribution in [1.82, 2.24) is 20.1 Å². The highest BCUT2D eigenvalue weighted by molar-refractivity contribution is 5.94. The summed E-state index contributed by atoms with van der Waals surface area (Å²) in [4.78, 5) is 17.1. The number of carbonyl (C=O) groups excluding carboxylic acids is 1. The number of hydrogen-bond donors (Lipinski definition) is 2. The van der Waals surface area contributed by atoms with Gasteiger partial charge in [-0.05, 0) is 30.7 Å². The van der Waals surface area contributed by atoms with Crippen molar-refractivity contribution in [2.24, 2.45) is 13.0 Å². The Morgan fingerprint density at radius 2 is 2.23 bits per heavy atom. The van der Waals surface area contributed by atoms with Crippen LogP contribution in [0.5, 0.6) is 0 Å². The molecular formula is C19H21N5O2. The van der Waals surface area contributed by atoms with Crippen LogP contribution in [0.4, 0.5) is 5.69 Å². The van der Waals surface area contributed by atoms with Gasteiger partial charge in [0.05, 0.1) is 18.3 Å². The Morgan fingerprint density at radius 3 is 2.96 bits per heavy atom. The molecule has 0 spiro atoms. The van der Waals surface area contributed by atoms with Gasteiger partial charge in [-0.2, -0.15) is 5.10 Å². The van der Waals surface area contributed by atoms with Gasteiger partial charge in [-0.1, -0.05) is 6.07 Å². The summed E-state index contributed by atoms with van der Waals surface area (Å²) in [5.74, 6) is 1.30. The van der Waals surface area contributed by atoms with Gasteiger partial charge in [0.2, 0.25) is 11.8 Å². The molecule has 0 bridgehead atoms. The largest absolute Gasteiger partial charge is 0.441 e. The fraction of sp³-hybridized carbons (Fsp3) is 0.316. The van der Waals surface area contributed by atoms with Crippen LogP contribution in [0.1, 0.15) is 17.2 Å². The molecule has 0 radical (unpaired) electrons. The molecule has 7 nitrogen and oxygen atoms in total. The average Bonchev–Trinajstić information content (AvgIpc) is 3.35. The molecule has 0 saturated carbocycles. The maximum atomic E-state index is 12.8. The molecular weight excluding hydrogens is 330 g/mol. The van der Waals surface area contributed by atoms with E-state index < -0.39 is 0 Å². The summed E-state index contributed by atoms with van der Waals surface area (Å²) in [6.07, 6.45) is 5.50. The van der Waals surface area contributed by atoms with Crippen molar-refractivity contribution in [3.63, 3.8) is 0 Å². The summed E-state index contributed by atoms with van der Waals surface area (Å²) in [6, 6.07) is 7.55. The monoisotopic (exact) mass is 351 g/mol. The van der Waals surface area contributed by atoms with Gasteiger partial charge < -0.3 is 15.1 Å². The molecule has 4 rings (SSSR count). The quantitative estimate of drug-likeness (QED) is 0.753. The van der Waals surface area contributed by atoms with Crippen LogP contribution in [0.2, 0.25) is 0 Å². The van der Waals surface area contributed by atoms with Crippen molar-refractivity contribution in [2.75, 3.05) is 18.4 Å². The van der Waals surface area contributed by atoms with E-state index in [9.17, 15) is 4.79 Å². The van der Waals surface area contributed by atoms with Crippen molar-refractivity contribution in [1.29, 1.82) is 0 Å². The van der Waals surface area contributed by atoms with Gasteiger partial charge in [-0.15, -0.1) is 0 Å². The molecule has 3 aromatic rings. The number of amides is 1. The molecule has 7 heteroatoms. The first-order chi connectivity index (χ1) is 12.6. The number of aryl methyl sites for hydroxylation is 2. The molecule has 2 atom stereocenters. The lowest BCUT2D eigenvalue weighted by Crippen LogP contribution is -2.28. The maximum absolute atomic E-state index is 12.8. The molecule has 1 saturated heterocycles. The molecule has 134 valence electrons. The topological polar surface area (TPSA) is 85.0 Å². The van der Waals surface area contributed by atoms with E-state index in [0.717, 1.165) is 29.1 Å². The summed E-state index contributed by atoms with van der Waals surface area (Å²) < 4.78 is 7.33. The summed E-state index contributed by atoms with van der Waals surface area (Å²) in [5.41, 5.74) is 2.66. The second-order valence-corrected chi connectivity index (χ2v) is 6.66. The molecule has 2 N–H and O–H groups in total. The summed E-state index contributed by atoms with van der Waals surface area (Å²) in [7, 11) is 1.89. The van der Waals surface area contributed by atoms with Crippen LogP contribution in [-0.4, -0.2) is 33.8 Å². The molecule has 1 fully saturated rings. The average molecular weight is 351 g/mol. The maximum Gasteiger partial charge on any atom is 0.229 e. The Kier molecular flexibility index (Phi) is 4.30. The summed E-state index contributed by atoms with van der Waals surface area (Å²) >= 11 is 0. The van der Waals surface area contributed by atoms with Crippen LogP contribution in [-0.2, 0) is 11.8 Å². The van der Waals surface area contributed by atoms with E-state index in [2.05, 4.69) is 20.7 Å². The number of aromatic nitrogens is 3. The fourth-order valence-corrected chi connectivity index (χ4v) is 3.39. The number of carbonyl (C=O) groups is 1. The van der Waals surface area contributed by atoms with E-state index in [-0.39, 0.29) is 17.7 Å². The summed E-state index contributed by atoms with van der Waals surface area (Å²) in [6.45, 7) is 3.29. The lowest BCUT2D eigenvalue weighted by atomic mass is 9.90. The third kappa shape index (κ3) is 3.25. The zero-order valence-corrected chi connectivity index (χ0v) is 14.8. The normalized spacial score (nSPS) is 19.6. The van der Waals surface area contributed by atoms with Crippen molar-refractivity contribution in [2.45, 2.75) is 12.8 Å². The number of nitrogens with zero attached hydrogens (tertiary/aromatic N) is 3. The van der Waals surface area contributed by atoms with E-state index in [1.165, 1.54) is 0 Å². The molecule has 1 aromatic carbocycles. The molecule has 3 heterocycles. The molecule has 0 aliphatic carbocycles. The van der Waals surface area contributed by atoms with Crippen LogP contribution in [0.25, 0.3) is 11.5 Å². The number of oxazole rings is 1. The van der Waals surface area contributed by atoms with Crippen molar-refractivity contribution in [3.05, 3.63) is 54.2 Å². The van der Waals surface area contributed by atoms with Crippen molar-refractivity contribution in [3.8, 4) is 11.5 Å². The van der Waals surface area contributed by atoms with Gasteiger partial charge in [0.25, 0.3) is 0 Å². The highest BCUT2D eigenvalue weighted by atomic mass is 16.4. The Labute approximate surface area is 151 Å². The van der Waals surface area contributed by atoms with Gasteiger partial charge in [0.15, 0.2) is 0 Å². The van der Waals surface area contributed by atoms with Gasteiger partial charge >= 0.3 is 0 Å². The van der Waals surface area contributed by atoms with Crippen LogP contribution < -0.4 is 10.6 Å². The standard InChI is InChI=1S/C19H21N5O2/c1-12-7-21-19(26-12)13-4-3-5-15(6-13)23-18(25)17-10-20-9-16(17)14-8-22-24(2)11-14/h3-8,11,16-17,20H,9-10H2,1-2H3,(H,23,25)/t16-,17+/m1/s1. The van der Waals surface area contributed by atoms with Gasteiger partial charge in [0, 0.05) is 43.5 Å². The zero-order chi connectivity index (χ0) is 18.1. The lowest BCUT2D eigenvalue weighted by Gasteiger charge is -2.17. The van der Waals surface area contributed by atoms with Crippen molar-refractivity contribution >= 4 is 11.6 Å². The summed E-state index contributed by atoms with van der Waals surface area (Å²) in [5, 5.41) is 10.6. The molecule has 1 amide bonds. The number of benzene rings is 1. The number of anilines is 1. The smallest absolute Gasteiger partial charge is 0.229 e. The third-order valence-corrected chi connectivity index (χ3v) is 4.70. The number of rotatable bonds is 4. The van der Waals surface area contributed by atoms with Crippen LogP contribution in [0.15, 0.2) is 47.3 Å². The minimum Gasteiger partial charge on any atom is -0.441 e. The van der Waals surface area contributed by atoms with Crippen LogP contribution in [0, 0.1) is 12.8 Å². The number of nitrogens with one attached hydrogen (secondary N) is 2. The van der Waals surface area contributed by atoms with Crippen molar-refractivity contribution < 1.29 is 9.21 Å². The molecule has 1 aliphatic heterocycles. The Hall–Kier alpha value is -2.93. The molecule has 1 aliphatic rings. The van der Waals surface area contributed by atoms with Gasteiger partial charge in [-0.3, -0.25) is 9.48 Å². The second kappa shape index (κ2) is 6.76.